The Balaban J connectivity index is 1.98. The minimum Gasteiger partial charge on any atom is -0.475 e. The lowest BCUT2D eigenvalue weighted by Gasteiger charge is -2.06. The van der Waals surface area contributed by atoms with Crippen LogP contribution in [0, 0.1) is 0 Å². The Morgan fingerprint density at radius 2 is 2.22 bits per heavy atom. The van der Waals surface area contributed by atoms with E-state index in [1.54, 1.807) is 25.3 Å². The molecule has 0 amide bonds. The van der Waals surface area contributed by atoms with E-state index >= 15 is 0 Å². The molecular weight excluding hydrogens is 302 g/mol. The monoisotopic (exact) mass is 321 g/mol. The van der Waals surface area contributed by atoms with Crippen molar-refractivity contribution >= 4 is 5.97 Å². The van der Waals surface area contributed by atoms with E-state index in [1.807, 2.05) is 0 Å². The highest BCUT2D eigenvalue weighted by Crippen LogP contribution is 2.21. The molecule has 2 aromatic rings. The van der Waals surface area contributed by atoms with Gasteiger partial charge in [-0.3, -0.25) is 0 Å². The number of ether oxygens (including phenoxy) is 3. The molecule has 124 valence electrons. The summed E-state index contributed by atoms with van der Waals surface area (Å²) in [6, 6.07) is 3.38. The summed E-state index contributed by atoms with van der Waals surface area (Å²) in [4.78, 5) is 19.8. The first-order chi connectivity index (χ1) is 11.2. The number of rotatable bonds is 9. The quantitative estimate of drug-likeness (QED) is 0.543. The molecule has 0 spiro atoms. The van der Waals surface area contributed by atoms with Gasteiger partial charge in [0.2, 0.25) is 11.8 Å². The minimum absolute atomic E-state index is 0.122. The standard InChI is InChI=1S/C15H19N3O5/c1-2-21-15(19)12-10-23-14(18-12)11-3-5-17-13(9-11)22-8-7-20-6-4-16/h3,5,9-10H,2,4,6-8,16H2,1H3. The third kappa shape index (κ3) is 5.04. The van der Waals surface area contributed by atoms with Crippen LogP contribution in [-0.2, 0) is 9.47 Å². The number of carbonyl (C=O) groups is 1. The van der Waals surface area contributed by atoms with Crippen LogP contribution in [-0.4, -0.2) is 48.9 Å². The van der Waals surface area contributed by atoms with Crippen LogP contribution < -0.4 is 10.5 Å². The first-order valence-corrected chi connectivity index (χ1v) is 7.24. The predicted octanol–water partition coefficient (Wildman–Crippen LogP) is 1.27. The van der Waals surface area contributed by atoms with Gasteiger partial charge in [-0.1, -0.05) is 0 Å². The van der Waals surface area contributed by atoms with Crippen LogP contribution in [0.5, 0.6) is 5.88 Å². The zero-order valence-electron chi connectivity index (χ0n) is 12.9. The van der Waals surface area contributed by atoms with Crippen molar-refractivity contribution in [3.63, 3.8) is 0 Å². The molecule has 0 radical (unpaired) electrons. The molecule has 8 heteroatoms. The molecule has 0 saturated heterocycles. The Morgan fingerprint density at radius 1 is 1.35 bits per heavy atom. The Kier molecular flexibility index (Phi) is 6.52. The Hall–Kier alpha value is -2.45. The van der Waals surface area contributed by atoms with Crippen LogP contribution in [0.4, 0.5) is 0 Å². The van der Waals surface area contributed by atoms with E-state index in [0.717, 1.165) is 0 Å². The summed E-state index contributed by atoms with van der Waals surface area (Å²) >= 11 is 0. The summed E-state index contributed by atoms with van der Waals surface area (Å²) < 4.78 is 20.8. The van der Waals surface area contributed by atoms with Crippen LogP contribution in [0.1, 0.15) is 17.4 Å². The summed E-state index contributed by atoms with van der Waals surface area (Å²) in [7, 11) is 0. The van der Waals surface area contributed by atoms with Gasteiger partial charge in [-0.25, -0.2) is 14.8 Å². The van der Waals surface area contributed by atoms with Gasteiger partial charge in [0.05, 0.1) is 19.8 Å². The third-order valence-corrected chi connectivity index (χ3v) is 2.71. The fourth-order valence-electron chi connectivity index (χ4n) is 1.72. The van der Waals surface area contributed by atoms with Gasteiger partial charge >= 0.3 is 5.97 Å². The first kappa shape index (κ1) is 16.9. The molecule has 0 aliphatic rings. The highest BCUT2D eigenvalue weighted by atomic mass is 16.5. The molecular formula is C15H19N3O5. The van der Waals surface area contributed by atoms with Crippen LogP contribution in [0.25, 0.3) is 11.5 Å². The molecule has 0 fully saturated rings. The summed E-state index contributed by atoms with van der Waals surface area (Å²) in [5, 5.41) is 0. The Bertz CT molecular complexity index is 629. The normalized spacial score (nSPS) is 10.5. The molecule has 2 N–H and O–H groups in total. The maximum absolute atomic E-state index is 11.6. The Labute approximate surface area is 133 Å². The van der Waals surface area contributed by atoms with Gasteiger partial charge in [0.1, 0.15) is 12.9 Å². The van der Waals surface area contributed by atoms with Gasteiger partial charge in [0.25, 0.3) is 0 Å². The second-order valence-corrected chi connectivity index (χ2v) is 4.39. The average Bonchev–Trinajstić information content (AvgIpc) is 3.05. The SMILES string of the molecule is CCOC(=O)c1coc(-c2ccnc(OCCOCCN)c2)n1. The lowest BCUT2D eigenvalue weighted by molar-refractivity contribution is 0.0519. The molecule has 0 atom stereocenters. The van der Waals surface area contributed by atoms with Crippen molar-refractivity contribution in [2.24, 2.45) is 5.73 Å². The molecule has 8 nitrogen and oxygen atoms in total. The van der Waals surface area contributed by atoms with Gasteiger partial charge in [-0.15, -0.1) is 0 Å². The summed E-state index contributed by atoms with van der Waals surface area (Å²) in [6.45, 7) is 3.75. The van der Waals surface area contributed by atoms with Crippen molar-refractivity contribution in [1.29, 1.82) is 0 Å². The summed E-state index contributed by atoms with van der Waals surface area (Å²) in [6.07, 6.45) is 2.83. The van der Waals surface area contributed by atoms with Gasteiger partial charge in [0.15, 0.2) is 5.69 Å². The topological polar surface area (TPSA) is 110 Å². The van der Waals surface area contributed by atoms with Crippen LogP contribution in [0.3, 0.4) is 0 Å². The molecule has 0 saturated carbocycles. The van der Waals surface area contributed by atoms with E-state index in [0.29, 0.717) is 43.7 Å². The number of oxazole rings is 1. The summed E-state index contributed by atoms with van der Waals surface area (Å²) in [5.74, 6) is 0.180. The van der Waals surface area contributed by atoms with Gasteiger partial charge in [-0.2, -0.15) is 0 Å². The molecule has 0 aliphatic heterocycles. The number of nitrogens with two attached hydrogens (primary N) is 1. The van der Waals surface area contributed by atoms with E-state index in [4.69, 9.17) is 24.4 Å². The minimum atomic E-state index is -0.523. The number of pyridine rings is 1. The van der Waals surface area contributed by atoms with Crippen LogP contribution in [0.15, 0.2) is 29.0 Å². The zero-order valence-corrected chi connectivity index (χ0v) is 12.9. The fourth-order valence-corrected chi connectivity index (χ4v) is 1.72. The number of hydrogen-bond donors (Lipinski definition) is 1. The van der Waals surface area contributed by atoms with Crippen molar-refractivity contribution in [1.82, 2.24) is 9.97 Å². The second kappa shape index (κ2) is 8.86. The molecule has 0 unspecified atom stereocenters. The largest absolute Gasteiger partial charge is 0.475 e. The molecule has 2 heterocycles. The molecule has 2 rings (SSSR count). The Morgan fingerprint density at radius 3 is 3.00 bits per heavy atom. The van der Waals surface area contributed by atoms with Crippen LogP contribution in [0.2, 0.25) is 0 Å². The van der Waals surface area contributed by atoms with E-state index in [-0.39, 0.29) is 12.3 Å². The van der Waals surface area contributed by atoms with Gasteiger partial charge in [-0.05, 0) is 13.0 Å². The highest BCUT2D eigenvalue weighted by Gasteiger charge is 2.14. The van der Waals surface area contributed by atoms with Gasteiger partial charge in [0, 0.05) is 24.4 Å². The lowest BCUT2D eigenvalue weighted by atomic mass is 10.2. The van der Waals surface area contributed by atoms with Gasteiger partial charge < -0.3 is 24.4 Å². The number of carbonyl (C=O) groups excluding carboxylic acids is 1. The fraction of sp³-hybridized carbons (Fsp3) is 0.400. The smallest absolute Gasteiger partial charge is 0.360 e. The van der Waals surface area contributed by atoms with Crippen molar-refractivity contribution in [3.05, 3.63) is 30.3 Å². The highest BCUT2D eigenvalue weighted by molar-refractivity contribution is 5.87. The summed E-state index contributed by atoms with van der Waals surface area (Å²) in [5.41, 5.74) is 6.09. The number of hydrogen-bond acceptors (Lipinski definition) is 8. The van der Waals surface area contributed by atoms with Crippen molar-refractivity contribution in [3.8, 4) is 17.3 Å². The number of esters is 1. The molecule has 0 bridgehead atoms. The second-order valence-electron chi connectivity index (χ2n) is 4.39. The van der Waals surface area contributed by atoms with E-state index in [9.17, 15) is 4.79 Å². The van der Waals surface area contributed by atoms with Crippen LogP contribution >= 0.6 is 0 Å². The first-order valence-electron chi connectivity index (χ1n) is 7.24. The molecule has 2 aromatic heterocycles. The number of aromatic nitrogens is 2. The maximum atomic E-state index is 11.6. The van der Waals surface area contributed by atoms with E-state index in [2.05, 4.69) is 9.97 Å². The van der Waals surface area contributed by atoms with E-state index < -0.39 is 5.97 Å². The van der Waals surface area contributed by atoms with Crippen molar-refractivity contribution in [2.45, 2.75) is 6.92 Å². The molecule has 0 aliphatic carbocycles. The van der Waals surface area contributed by atoms with Crippen molar-refractivity contribution < 1.29 is 23.4 Å². The molecule has 0 aromatic carbocycles. The third-order valence-electron chi connectivity index (χ3n) is 2.71. The number of nitrogens with zero attached hydrogens (tertiary/aromatic N) is 2. The lowest BCUT2D eigenvalue weighted by Crippen LogP contribution is -2.13. The average molecular weight is 321 g/mol. The van der Waals surface area contributed by atoms with Crippen molar-refractivity contribution in [2.75, 3.05) is 33.0 Å². The zero-order chi connectivity index (χ0) is 16.5. The molecule has 23 heavy (non-hydrogen) atoms. The maximum Gasteiger partial charge on any atom is 0.360 e. The predicted molar refractivity (Wildman–Crippen MR) is 81.1 cm³/mol. The van der Waals surface area contributed by atoms with E-state index in [1.165, 1.54) is 6.26 Å².